The molecule has 2 N–H and O–H groups in total. The Bertz CT molecular complexity index is 351. The summed E-state index contributed by atoms with van der Waals surface area (Å²) in [4.78, 5) is 0. The number of hydrogen-bond donors (Lipinski definition) is 1. The molecule has 1 aromatic carbocycles. The molecule has 1 aliphatic rings. The molecule has 0 spiro atoms. The van der Waals surface area contributed by atoms with Crippen LogP contribution < -0.4 is 5.73 Å². The van der Waals surface area contributed by atoms with Gasteiger partial charge in [-0.05, 0) is 55.3 Å². The molecule has 2 atom stereocenters. The molecule has 94 valence electrons. The van der Waals surface area contributed by atoms with Crippen molar-refractivity contribution in [3.8, 4) is 0 Å². The first kappa shape index (κ1) is 12.9. The topological polar surface area (TPSA) is 26.0 Å². The number of hydrogen-bond acceptors (Lipinski definition) is 1. The lowest BCUT2D eigenvalue weighted by atomic mass is 9.80. The van der Waals surface area contributed by atoms with Gasteiger partial charge in [0.05, 0.1) is 0 Å². The molecule has 0 aliphatic heterocycles. The van der Waals surface area contributed by atoms with E-state index in [9.17, 15) is 0 Å². The third kappa shape index (κ3) is 3.46. The summed E-state index contributed by atoms with van der Waals surface area (Å²) < 4.78 is 0. The van der Waals surface area contributed by atoms with E-state index in [0.29, 0.717) is 5.92 Å². The van der Waals surface area contributed by atoms with Crippen LogP contribution in [0.4, 0.5) is 0 Å². The van der Waals surface area contributed by atoms with Gasteiger partial charge in [0.25, 0.3) is 0 Å². The maximum absolute atomic E-state index is 6.10. The molecular weight excluding hydrogens is 230 g/mol. The van der Waals surface area contributed by atoms with Crippen molar-refractivity contribution < 1.29 is 0 Å². The van der Waals surface area contributed by atoms with Crippen LogP contribution in [0.25, 0.3) is 0 Å². The minimum Gasteiger partial charge on any atom is -0.330 e. The van der Waals surface area contributed by atoms with Crippen molar-refractivity contribution in [2.45, 2.75) is 44.4 Å². The van der Waals surface area contributed by atoms with Crippen LogP contribution in [0.3, 0.4) is 0 Å². The van der Waals surface area contributed by atoms with E-state index in [1.807, 2.05) is 6.07 Å². The molecule has 1 aromatic rings. The van der Waals surface area contributed by atoms with Gasteiger partial charge in [0.2, 0.25) is 0 Å². The normalized spacial score (nSPS) is 25.5. The molecule has 2 rings (SSSR count). The predicted molar refractivity (Wildman–Crippen MR) is 74.4 cm³/mol. The highest BCUT2D eigenvalue weighted by atomic mass is 35.5. The monoisotopic (exact) mass is 251 g/mol. The average Bonchev–Trinajstić information content (AvgIpc) is 2.55. The van der Waals surface area contributed by atoms with Crippen molar-refractivity contribution in [3.63, 3.8) is 0 Å². The van der Waals surface area contributed by atoms with Crippen molar-refractivity contribution in [1.29, 1.82) is 0 Å². The smallest absolute Gasteiger partial charge is 0.0408 e. The zero-order valence-corrected chi connectivity index (χ0v) is 11.1. The lowest BCUT2D eigenvalue weighted by Gasteiger charge is -2.25. The zero-order valence-electron chi connectivity index (χ0n) is 10.4. The standard InChI is InChI=1S/C15H22ClN/c16-14-7-4-6-13(11-14)15-8-3-1-2-5-12(15)9-10-17/h4,6-7,11-12,15H,1-3,5,8-10,17H2. The minimum atomic E-state index is 0.666. The maximum atomic E-state index is 6.10. The summed E-state index contributed by atoms with van der Waals surface area (Å²) in [6.45, 7) is 0.807. The van der Waals surface area contributed by atoms with Crippen molar-refractivity contribution in [1.82, 2.24) is 0 Å². The van der Waals surface area contributed by atoms with E-state index in [1.165, 1.54) is 37.7 Å². The van der Waals surface area contributed by atoms with Gasteiger partial charge in [-0.2, -0.15) is 0 Å². The molecular formula is C15H22ClN. The second kappa shape index (κ2) is 6.42. The molecule has 0 bridgehead atoms. The first-order valence-corrected chi connectivity index (χ1v) is 7.14. The SMILES string of the molecule is NCCC1CCCCCC1c1cccc(Cl)c1. The van der Waals surface area contributed by atoms with Gasteiger partial charge in [-0.15, -0.1) is 0 Å². The lowest BCUT2D eigenvalue weighted by Crippen LogP contribution is -2.16. The Hall–Kier alpha value is -0.530. The molecule has 1 aliphatic carbocycles. The average molecular weight is 252 g/mol. The second-order valence-corrected chi connectivity index (χ2v) is 5.57. The summed E-state index contributed by atoms with van der Waals surface area (Å²) >= 11 is 6.10. The summed E-state index contributed by atoms with van der Waals surface area (Å²) in [7, 11) is 0. The summed E-state index contributed by atoms with van der Waals surface area (Å²) in [6, 6.07) is 8.40. The van der Waals surface area contributed by atoms with Crippen molar-refractivity contribution in [2.75, 3.05) is 6.54 Å². The quantitative estimate of drug-likeness (QED) is 0.794. The van der Waals surface area contributed by atoms with Crippen molar-refractivity contribution >= 4 is 11.6 Å². The lowest BCUT2D eigenvalue weighted by molar-refractivity contribution is 0.378. The van der Waals surface area contributed by atoms with Crippen LogP contribution in [-0.4, -0.2) is 6.54 Å². The molecule has 0 radical (unpaired) electrons. The highest BCUT2D eigenvalue weighted by molar-refractivity contribution is 6.30. The van der Waals surface area contributed by atoms with Crippen LogP contribution in [0.2, 0.25) is 5.02 Å². The number of rotatable bonds is 3. The van der Waals surface area contributed by atoms with E-state index in [1.54, 1.807) is 0 Å². The molecule has 2 unspecified atom stereocenters. The summed E-state index contributed by atoms with van der Waals surface area (Å²) in [5.74, 6) is 1.42. The van der Waals surface area contributed by atoms with Crippen LogP contribution >= 0.6 is 11.6 Å². The van der Waals surface area contributed by atoms with Gasteiger partial charge in [-0.3, -0.25) is 0 Å². The van der Waals surface area contributed by atoms with Crippen LogP contribution in [0, 0.1) is 5.92 Å². The minimum absolute atomic E-state index is 0.666. The molecule has 1 nitrogen and oxygen atoms in total. The molecule has 1 saturated carbocycles. The zero-order chi connectivity index (χ0) is 12.1. The molecule has 2 heteroatoms. The summed E-state index contributed by atoms with van der Waals surface area (Å²) in [5.41, 5.74) is 7.17. The first-order chi connectivity index (χ1) is 8.31. The third-order valence-electron chi connectivity index (χ3n) is 3.97. The van der Waals surface area contributed by atoms with Gasteiger partial charge >= 0.3 is 0 Å². The van der Waals surface area contributed by atoms with Gasteiger partial charge in [0, 0.05) is 5.02 Å². The number of nitrogens with two attached hydrogens (primary N) is 1. The van der Waals surface area contributed by atoms with E-state index in [4.69, 9.17) is 17.3 Å². The fourth-order valence-corrected chi connectivity index (χ4v) is 3.32. The Labute approximate surface area is 109 Å². The van der Waals surface area contributed by atoms with Crippen LogP contribution in [0.15, 0.2) is 24.3 Å². The van der Waals surface area contributed by atoms with Gasteiger partial charge in [-0.1, -0.05) is 43.0 Å². The molecule has 17 heavy (non-hydrogen) atoms. The Morgan fingerprint density at radius 1 is 1.18 bits per heavy atom. The van der Waals surface area contributed by atoms with Crippen LogP contribution in [0.1, 0.15) is 50.0 Å². The largest absolute Gasteiger partial charge is 0.330 e. The highest BCUT2D eigenvalue weighted by Crippen LogP contribution is 2.38. The maximum Gasteiger partial charge on any atom is 0.0408 e. The van der Waals surface area contributed by atoms with Gasteiger partial charge in [0.15, 0.2) is 0 Å². The van der Waals surface area contributed by atoms with E-state index in [2.05, 4.69) is 18.2 Å². The second-order valence-electron chi connectivity index (χ2n) is 5.14. The summed E-state index contributed by atoms with van der Waals surface area (Å²) in [6.07, 6.45) is 7.86. The fraction of sp³-hybridized carbons (Fsp3) is 0.600. The van der Waals surface area contributed by atoms with Crippen LogP contribution in [0.5, 0.6) is 0 Å². The van der Waals surface area contributed by atoms with E-state index in [0.717, 1.165) is 23.9 Å². The Morgan fingerprint density at radius 3 is 2.76 bits per heavy atom. The molecule has 1 fully saturated rings. The number of benzene rings is 1. The van der Waals surface area contributed by atoms with Gasteiger partial charge < -0.3 is 5.73 Å². The Morgan fingerprint density at radius 2 is 2.00 bits per heavy atom. The number of halogens is 1. The molecule has 0 saturated heterocycles. The van der Waals surface area contributed by atoms with E-state index in [-0.39, 0.29) is 0 Å². The Kier molecular flexibility index (Phi) is 4.87. The first-order valence-electron chi connectivity index (χ1n) is 6.77. The summed E-state index contributed by atoms with van der Waals surface area (Å²) in [5, 5.41) is 0.859. The predicted octanol–water partition coefficient (Wildman–Crippen LogP) is 4.35. The van der Waals surface area contributed by atoms with Crippen LogP contribution in [-0.2, 0) is 0 Å². The third-order valence-corrected chi connectivity index (χ3v) is 4.21. The molecule has 0 aromatic heterocycles. The molecule has 0 amide bonds. The molecule has 0 heterocycles. The van der Waals surface area contributed by atoms with E-state index < -0.39 is 0 Å². The fourth-order valence-electron chi connectivity index (χ4n) is 3.12. The van der Waals surface area contributed by atoms with Gasteiger partial charge in [0.1, 0.15) is 0 Å². The van der Waals surface area contributed by atoms with Gasteiger partial charge in [-0.25, -0.2) is 0 Å². The van der Waals surface area contributed by atoms with Crippen molar-refractivity contribution in [2.24, 2.45) is 11.7 Å². The van der Waals surface area contributed by atoms with Crippen molar-refractivity contribution in [3.05, 3.63) is 34.9 Å². The van der Waals surface area contributed by atoms with E-state index >= 15 is 0 Å². The highest BCUT2D eigenvalue weighted by Gasteiger charge is 2.24. The Balaban J connectivity index is 2.19.